The molecule has 0 N–H and O–H groups in total. The van der Waals surface area contributed by atoms with Gasteiger partial charge in [-0.15, -0.1) is 0 Å². The summed E-state index contributed by atoms with van der Waals surface area (Å²) in [4.78, 5) is 0. The molecule has 0 fully saturated rings. The van der Waals surface area contributed by atoms with Crippen LogP contribution in [0.4, 0.5) is 8.78 Å². The van der Waals surface area contributed by atoms with Crippen LogP contribution in [0.3, 0.4) is 0 Å². The van der Waals surface area contributed by atoms with Crippen LogP contribution >= 0.6 is 0 Å². The summed E-state index contributed by atoms with van der Waals surface area (Å²) >= 11 is 0. The Morgan fingerprint density at radius 2 is 1.67 bits per heavy atom. The number of rotatable bonds is 4. The molecule has 1 heterocycles. The van der Waals surface area contributed by atoms with Crippen molar-refractivity contribution in [2.45, 2.75) is 13.2 Å². The minimum Gasteiger partial charge on any atom is -0.436 e. The highest BCUT2D eigenvalue weighted by Crippen LogP contribution is 2.39. The van der Waals surface area contributed by atoms with Gasteiger partial charge in [-0.1, -0.05) is 24.3 Å². The molecule has 3 rings (SSSR count). The fraction of sp³-hybridized carbons (Fsp3) is 0.190. The van der Waals surface area contributed by atoms with Crippen molar-refractivity contribution in [3.8, 4) is 17.6 Å². The van der Waals surface area contributed by atoms with Crippen molar-refractivity contribution in [2.75, 3.05) is 14.1 Å². The number of hydrogen-bond donors (Lipinski definition) is 0. The molecule has 0 saturated heterocycles. The number of nitriles is 1. The van der Waals surface area contributed by atoms with Crippen molar-refractivity contribution in [1.82, 2.24) is 0 Å². The van der Waals surface area contributed by atoms with E-state index in [0.717, 1.165) is 0 Å². The predicted molar refractivity (Wildman–Crippen MR) is 96.7 cm³/mol. The zero-order valence-electron chi connectivity index (χ0n) is 15.2. The van der Waals surface area contributed by atoms with Crippen LogP contribution in [0.1, 0.15) is 12.5 Å². The Hall–Kier alpha value is -3.17. The van der Waals surface area contributed by atoms with Crippen molar-refractivity contribution >= 4 is 0 Å². The third kappa shape index (κ3) is 3.55. The molecule has 0 aliphatic carbocycles. The van der Waals surface area contributed by atoms with Crippen LogP contribution in [-0.2, 0) is 0 Å². The lowest BCUT2D eigenvalue weighted by molar-refractivity contribution is -0.906. The van der Waals surface area contributed by atoms with Gasteiger partial charge in [0.2, 0.25) is 11.7 Å². The summed E-state index contributed by atoms with van der Waals surface area (Å²) < 4.78 is 41.0. The molecule has 1 unspecified atom stereocenters. The molecule has 0 bridgehead atoms. The molecular formula is C21H19F2N2O2+. The summed E-state index contributed by atoms with van der Waals surface area (Å²) in [7, 11) is 3.20. The third-order valence-corrected chi connectivity index (χ3v) is 4.37. The van der Waals surface area contributed by atoms with Gasteiger partial charge in [0.1, 0.15) is 11.5 Å². The lowest BCUT2D eigenvalue weighted by Gasteiger charge is -2.39. The van der Waals surface area contributed by atoms with E-state index in [4.69, 9.17) is 14.7 Å². The second-order valence-corrected chi connectivity index (χ2v) is 6.66. The van der Waals surface area contributed by atoms with Gasteiger partial charge in [-0.05, 0) is 37.3 Å². The summed E-state index contributed by atoms with van der Waals surface area (Å²) in [6.45, 7) is 1.35. The molecule has 6 heteroatoms. The molecule has 138 valence electrons. The average molecular weight is 369 g/mol. The number of likely N-dealkylation sites (N-methyl/N-ethyl adjacent to an activating group) is 1. The van der Waals surface area contributed by atoms with Crippen molar-refractivity contribution < 1.29 is 22.7 Å². The second-order valence-electron chi connectivity index (χ2n) is 6.66. The lowest BCUT2D eigenvalue weighted by Crippen LogP contribution is -2.55. The number of nitrogens with zero attached hydrogens (tertiary/aromatic N) is 2. The fourth-order valence-corrected chi connectivity index (χ4v) is 2.81. The van der Waals surface area contributed by atoms with Crippen LogP contribution < -0.4 is 9.47 Å². The highest BCUT2D eigenvalue weighted by Gasteiger charge is 2.48. The number of hydrogen-bond acceptors (Lipinski definition) is 3. The van der Waals surface area contributed by atoms with Gasteiger partial charge >= 0.3 is 5.88 Å². The van der Waals surface area contributed by atoms with Gasteiger partial charge in [0.05, 0.1) is 25.7 Å². The molecule has 0 spiro atoms. The predicted octanol–water partition coefficient (Wildman–Crippen LogP) is 4.81. The van der Waals surface area contributed by atoms with Crippen molar-refractivity contribution in [1.29, 1.82) is 5.26 Å². The van der Waals surface area contributed by atoms with E-state index in [2.05, 4.69) is 0 Å². The van der Waals surface area contributed by atoms with Gasteiger partial charge in [-0.25, -0.2) is 8.87 Å². The lowest BCUT2D eigenvalue weighted by atomic mass is 10.1. The van der Waals surface area contributed by atoms with E-state index in [9.17, 15) is 8.78 Å². The summed E-state index contributed by atoms with van der Waals surface area (Å²) in [5, 5.41) is 9.04. The zero-order valence-corrected chi connectivity index (χ0v) is 15.2. The molecule has 0 amide bonds. The Balaban J connectivity index is 1.99. The van der Waals surface area contributed by atoms with Gasteiger partial charge in [-0.2, -0.15) is 9.65 Å². The first-order valence-electron chi connectivity index (χ1n) is 8.35. The summed E-state index contributed by atoms with van der Waals surface area (Å²) in [5.74, 6) is -0.780. The third-order valence-electron chi connectivity index (χ3n) is 4.37. The quantitative estimate of drug-likeness (QED) is 0.726. The minimum absolute atomic E-state index is 0.0541. The summed E-state index contributed by atoms with van der Waals surface area (Å²) in [5.41, 5.74) is 0.219. The van der Waals surface area contributed by atoms with Crippen molar-refractivity contribution in [3.63, 3.8) is 0 Å². The van der Waals surface area contributed by atoms with Crippen LogP contribution in [0.2, 0.25) is 0 Å². The van der Waals surface area contributed by atoms with E-state index in [1.807, 2.05) is 12.1 Å². The minimum atomic E-state index is -1.16. The van der Waals surface area contributed by atoms with Crippen LogP contribution in [0.15, 0.2) is 77.7 Å². The molecule has 2 aromatic carbocycles. The Kier molecular flexibility index (Phi) is 4.98. The van der Waals surface area contributed by atoms with Crippen molar-refractivity contribution in [2.24, 2.45) is 0 Å². The number of halogens is 2. The molecule has 0 radical (unpaired) electrons. The SMILES string of the molecule is CC1=C(F)C(Oc2cccc(C#N)c2)[N+](C)(C)C(Oc2ccccc2)=C1F. The number of allylic oxidation sites excluding steroid dienone is 2. The maximum absolute atomic E-state index is 14.9. The van der Waals surface area contributed by atoms with Gasteiger partial charge in [-0.3, -0.25) is 0 Å². The highest BCUT2D eigenvalue weighted by molar-refractivity contribution is 5.38. The van der Waals surface area contributed by atoms with E-state index in [1.54, 1.807) is 56.6 Å². The van der Waals surface area contributed by atoms with Crippen LogP contribution in [0, 0.1) is 11.3 Å². The normalized spacial score (nSPS) is 18.9. The molecule has 0 aromatic heterocycles. The molecule has 4 nitrogen and oxygen atoms in total. The van der Waals surface area contributed by atoms with Crippen LogP contribution in [-0.4, -0.2) is 24.8 Å². The second kappa shape index (κ2) is 7.22. The summed E-state index contributed by atoms with van der Waals surface area (Å²) in [6.07, 6.45) is -1.16. The van der Waals surface area contributed by atoms with E-state index in [0.29, 0.717) is 17.1 Å². The number of benzene rings is 2. The molecule has 1 aliphatic heterocycles. The maximum atomic E-state index is 14.9. The van der Waals surface area contributed by atoms with Crippen molar-refractivity contribution in [3.05, 3.63) is 83.3 Å². The first-order valence-corrected chi connectivity index (χ1v) is 8.35. The first-order chi connectivity index (χ1) is 12.8. The van der Waals surface area contributed by atoms with Gasteiger partial charge in [0, 0.05) is 5.57 Å². The Morgan fingerprint density at radius 1 is 1.00 bits per heavy atom. The van der Waals surface area contributed by atoms with Gasteiger partial charge < -0.3 is 9.47 Å². The first kappa shape index (κ1) is 18.6. The Morgan fingerprint density at radius 3 is 2.33 bits per heavy atom. The molecule has 1 atom stereocenters. The van der Waals surface area contributed by atoms with E-state index >= 15 is 0 Å². The van der Waals surface area contributed by atoms with E-state index in [1.165, 1.54) is 13.0 Å². The number of quaternary nitrogens is 1. The number of ether oxygens (including phenoxy) is 2. The molecule has 0 saturated carbocycles. The molecule has 27 heavy (non-hydrogen) atoms. The maximum Gasteiger partial charge on any atom is 0.337 e. The molecule has 2 aromatic rings. The van der Waals surface area contributed by atoms with E-state index in [-0.39, 0.29) is 15.9 Å². The monoisotopic (exact) mass is 369 g/mol. The zero-order chi connectivity index (χ0) is 19.6. The van der Waals surface area contributed by atoms with Gasteiger partial charge in [0.15, 0.2) is 0 Å². The number of para-hydroxylation sites is 1. The Labute approximate surface area is 156 Å². The van der Waals surface area contributed by atoms with E-state index < -0.39 is 17.9 Å². The molecular weight excluding hydrogens is 350 g/mol. The van der Waals surface area contributed by atoms with Crippen LogP contribution in [0.25, 0.3) is 0 Å². The Bertz CT molecular complexity index is 960. The molecule has 1 aliphatic rings. The fourth-order valence-electron chi connectivity index (χ4n) is 2.81. The highest BCUT2D eigenvalue weighted by atomic mass is 19.1. The standard InChI is InChI=1S/C21H19F2N2O2/c1-14-18(22)20(26-16-9-5-4-6-10-16)25(2,3)21(19(14)23)27-17-11-7-8-15(12-17)13-24/h4-12,21H,1-3H3/q+1. The summed E-state index contributed by atoms with van der Waals surface area (Å²) in [6, 6.07) is 17.1. The smallest absolute Gasteiger partial charge is 0.337 e. The van der Waals surface area contributed by atoms with Crippen LogP contribution in [0.5, 0.6) is 11.5 Å². The van der Waals surface area contributed by atoms with Gasteiger partial charge in [0.25, 0.3) is 6.23 Å². The largest absolute Gasteiger partial charge is 0.436 e. The average Bonchev–Trinajstić information content (AvgIpc) is 2.68. The topological polar surface area (TPSA) is 42.2 Å².